The van der Waals surface area contributed by atoms with Crippen molar-refractivity contribution >= 4 is 22.8 Å². The molecule has 2 aromatic heterocycles. The lowest BCUT2D eigenvalue weighted by Crippen LogP contribution is -2.16. The van der Waals surface area contributed by atoms with Crippen LogP contribution >= 0.6 is 0 Å². The molecule has 1 amide bonds. The van der Waals surface area contributed by atoms with Gasteiger partial charge >= 0.3 is 0 Å². The molecule has 4 aromatic rings. The van der Waals surface area contributed by atoms with E-state index >= 15 is 0 Å². The molecule has 4 rings (SSSR count). The van der Waals surface area contributed by atoms with Crippen LogP contribution in [0, 0.1) is 0 Å². The number of aromatic nitrogens is 5. The molecule has 0 radical (unpaired) electrons. The van der Waals surface area contributed by atoms with Crippen molar-refractivity contribution in [2.75, 3.05) is 5.32 Å². The molecule has 0 unspecified atom stereocenters. The Morgan fingerprint density at radius 2 is 1.80 bits per heavy atom. The average Bonchev–Trinajstić information content (AvgIpc) is 3.33. The van der Waals surface area contributed by atoms with E-state index in [2.05, 4.69) is 65.8 Å². The number of nitrogens with one attached hydrogen (secondary N) is 1. The number of hydrogen-bond acceptors (Lipinski definition) is 4. The highest BCUT2D eigenvalue weighted by Gasteiger charge is 2.14. The van der Waals surface area contributed by atoms with Gasteiger partial charge in [-0.05, 0) is 41.7 Å². The van der Waals surface area contributed by atoms with Crippen molar-refractivity contribution in [1.82, 2.24) is 24.8 Å². The molecule has 7 heteroatoms. The molecule has 2 aromatic carbocycles. The molecule has 0 aliphatic heterocycles. The minimum absolute atomic E-state index is 0.118. The van der Waals surface area contributed by atoms with E-state index in [-0.39, 0.29) is 11.3 Å². The Labute approximate surface area is 175 Å². The highest BCUT2D eigenvalue weighted by molar-refractivity contribution is 6.05. The Morgan fingerprint density at radius 3 is 2.50 bits per heavy atom. The molecule has 154 valence electrons. The lowest BCUT2D eigenvalue weighted by molar-refractivity contribution is 0.102. The maximum atomic E-state index is 12.8. The largest absolute Gasteiger partial charge is 0.307 e. The summed E-state index contributed by atoms with van der Waals surface area (Å²) in [5.41, 5.74) is 4.69. The summed E-state index contributed by atoms with van der Waals surface area (Å²) in [5.74, 6) is 0.449. The van der Waals surface area contributed by atoms with E-state index in [0.717, 1.165) is 17.6 Å². The van der Waals surface area contributed by atoms with Crippen molar-refractivity contribution in [1.29, 1.82) is 0 Å². The van der Waals surface area contributed by atoms with E-state index in [9.17, 15) is 4.79 Å². The van der Waals surface area contributed by atoms with E-state index in [1.54, 1.807) is 33.8 Å². The minimum Gasteiger partial charge on any atom is -0.307 e. The highest BCUT2D eigenvalue weighted by Crippen LogP contribution is 2.23. The molecule has 0 saturated heterocycles. The second-order valence-electron chi connectivity index (χ2n) is 8.38. The molecule has 0 bridgehead atoms. The molecule has 30 heavy (non-hydrogen) atoms. The molecule has 0 saturated carbocycles. The summed E-state index contributed by atoms with van der Waals surface area (Å²) in [6, 6.07) is 15.7. The summed E-state index contributed by atoms with van der Waals surface area (Å²) in [4.78, 5) is 12.8. The van der Waals surface area contributed by atoms with Crippen molar-refractivity contribution in [3.05, 3.63) is 71.4 Å². The van der Waals surface area contributed by atoms with Crippen LogP contribution in [0.4, 0.5) is 5.82 Å². The lowest BCUT2D eigenvalue weighted by Gasteiger charge is -2.19. The first-order chi connectivity index (χ1) is 14.3. The molecule has 0 aliphatic rings. The van der Waals surface area contributed by atoms with Gasteiger partial charge in [0, 0.05) is 18.2 Å². The molecule has 7 nitrogen and oxygen atoms in total. The van der Waals surface area contributed by atoms with Gasteiger partial charge in [-0.3, -0.25) is 4.79 Å². The number of rotatable bonds is 5. The van der Waals surface area contributed by atoms with Crippen LogP contribution in [0.1, 0.15) is 49.2 Å². The van der Waals surface area contributed by atoms with Gasteiger partial charge in [-0.25, -0.2) is 9.36 Å². The highest BCUT2D eigenvalue weighted by atomic mass is 16.1. The maximum absolute atomic E-state index is 12.8. The smallest absolute Gasteiger partial charge is 0.256 e. The number of fused-ring (bicyclic) bond motifs is 1. The standard InChI is InChI=1S/C23H26N6O/c1-5-28-20-11-8-17(14-19(20)26-27-28)22(30)25-21-12-13-24-29(21)15-16-6-9-18(10-7-16)23(2,3)4/h6-14H,5,15H2,1-4H3,(H,25,30). The van der Waals surface area contributed by atoms with Gasteiger partial charge in [0.15, 0.2) is 0 Å². The van der Waals surface area contributed by atoms with E-state index in [4.69, 9.17) is 0 Å². The van der Waals surface area contributed by atoms with Gasteiger partial charge in [0.25, 0.3) is 5.91 Å². The predicted molar refractivity (Wildman–Crippen MR) is 118 cm³/mol. The third-order valence-corrected chi connectivity index (χ3v) is 5.19. The van der Waals surface area contributed by atoms with E-state index in [1.165, 1.54) is 5.56 Å². The third kappa shape index (κ3) is 3.96. The van der Waals surface area contributed by atoms with Gasteiger partial charge in [0.1, 0.15) is 11.3 Å². The summed E-state index contributed by atoms with van der Waals surface area (Å²) >= 11 is 0. The van der Waals surface area contributed by atoms with Gasteiger partial charge in [-0.15, -0.1) is 5.10 Å². The Hall–Kier alpha value is -3.48. The Morgan fingerprint density at radius 1 is 1.03 bits per heavy atom. The van der Waals surface area contributed by atoms with Gasteiger partial charge in [0.2, 0.25) is 0 Å². The molecule has 2 heterocycles. The van der Waals surface area contributed by atoms with Crippen LogP contribution < -0.4 is 5.32 Å². The number of amides is 1. The predicted octanol–water partition coefficient (Wildman–Crippen LogP) is 4.25. The van der Waals surface area contributed by atoms with Crippen molar-refractivity contribution in [2.45, 2.75) is 46.2 Å². The van der Waals surface area contributed by atoms with Gasteiger partial charge in [-0.1, -0.05) is 50.3 Å². The zero-order valence-electron chi connectivity index (χ0n) is 17.8. The fraction of sp³-hybridized carbons (Fsp3) is 0.304. The van der Waals surface area contributed by atoms with Crippen LogP contribution in [-0.4, -0.2) is 30.7 Å². The normalized spacial score (nSPS) is 11.7. The molecule has 0 spiro atoms. The Bertz CT molecular complexity index is 1180. The zero-order valence-corrected chi connectivity index (χ0v) is 17.8. The molecule has 0 fully saturated rings. The number of carbonyl (C=O) groups is 1. The first-order valence-electron chi connectivity index (χ1n) is 10.1. The van der Waals surface area contributed by atoms with Crippen LogP contribution in [0.15, 0.2) is 54.7 Å². The summed E-state index contributed by atoms with van der Waals surface area (Å²) in [6.45, 7) is 9.91. The number of nitrogens with zero attached hydrogens (tertiary/aromatic N) is 5. The van der Waals surface area contributed by atoms with Crippen LogP contribution in [0.5, 0.6) is 0 Å². The first kappa shape index (κ1) is 19.8. The third-order valence-electron chi connectivity index (χ3n) is 5.19. The Balaban J connectivity index is 1.50. The number of carbonyl (C=O) groups excluding carboxylic acids is 1. The number of hydrogen-bond donors (Lipinski definition) is 1. The molecule has 1 N–H and O–H groups in total. The van der Waals surface area contributed by atoms with Crippen LogP contribution in [0.2, 0.25) is 0 Å². The Kier molecular flexibility index (Phi) is 5.11. The number of aryl methyl sites for hydroxylation is 1. The maximum Gasteiger partial charge on any atom is 0.256 e. The van der Waals surface area contributed by atoms with Gasteiger partial charge < -0.3 is 5.32 Å². The van der Waals surface area contributed by atoms with Crippen LogP contribution in [-0.2, 0) is 18.5 Å². The zero-order chi connectivity index (χ0) is 21.3. The minimum atomic E-state index is -0.201. The second kappa shape index (κ2) is 7.74. The quantitative estimate of drug-likeness (QED) is 0.541. The van der Waals surface area contributed by atoms with Gasteiger partial charge in [0.05, 0.1) is 18.3 Å². The topological polar surface area (TPSA) is 77.6 Å². The SMILES string of the molecule is CCn1nnc2cc(C(=O)Nc3ccnn3Cc3ccc(C(C)(C)C)cc3)ccc21. The van der Waals surface area contributed by atoms with E-state index < -0.39 is 0 Å². The fourth-order valence-corrected chi connectivity index (χ4v) is 3.38. The first-order valence-corrected chi connectivity index (χ1v) is 10.1. The summed E-state index contributed by atoms with van der Waals surface area (Å²) in [5, 5.41) is 15.6. The van der Waals surface area contributed by atoms with Crippen LogP contribution in [0.3, 0.4) is 0 Å². The lowest BCUT2D eigenvalue weighted by atomic mass is 9.87. The summed E-state index contributed by atoms with van der Waals surface area (Å²) in [6.07, 6.45) is 1.69. The fourth-order valence-electron chi connectivity index (χ4n) is 3.38. The summed E-state index contributed by atoms with van der Waals surface area (Å²) in [7, 11) is 0. The van der Waals surface area contributed by atoms with Crippen molar-refractivity contribution in [3.8, 4) is 0 Å². The van der Waals surface area contributed by atoms with E-state index in [0.29, 0.717) is 23.4 Å². The average molecular weight is 403 g/mol. The molecule has 0 aliphatic carbocycles. The second-order valence-corrected chi connectivity index (χ2v) is 8.38. The van der Waals surface area contributed by atoms with E-state index in [1.807, 2.05) is 13.0 Å². The summed E-state index contributed by atoms with van der Waals surface area (Å²) < 4.78 is 3.59. The van der Waals surface area contributed by atoms with Crippen LogP contribution in [0.25, 0.3) is 11.0 Å². The van der Waals surface area contributed by atoms with Gasteiger partial charge in [-0.2, -0.15) is 5.10 Å². The number of anilines is 1. The van der Waals surface area contributed by atoms with Crippen molar-refractivity contribution in [2.24, 2.45) is 0 Å². The number of benzene rings is 2. The molecular formula is C23H26N6O. The molecule has 0 atom stereocenters. The molecular weight excluding hydrogens is 376 g/mol. The monoisotopic (exact) mass is 402 g/mol. The van der Waals surface area contributed by atoms with Crippen molar-refractivity contribution in [3.63, 3.8) is 0 Å². The van der Waals surface area contributed by atoms with Crippen molar-refractivity contribution < 1.29 is 4.79 Å².